The van der Waals surface area contributed by atoms with Gasteiger partial charge in [-0.1, -0.05) is 0 Å². The number of sulfonamides is 1. The Balaban J connectivity index is 2.33. The molecular formula is C17H21NO4S. The molecule has 0 atom stereocenters. The van der Waals surface area contributed by atoms with Crippen molar-refractivity contribution in [1.29, 1.82) is 0 Å². The van der Waals surface area contributed by atoms with Gasteiger partial charge in [-0.15, -0.1) is 0 Å². The number of benzene rings is 2. The molecule has 0 bridgehead atoms. The van der Waals surface area contributed by atoms with E-state index in [1.54, 1.807) is 62.6 Å². The topological polar surface area (TPSA) is 55.8 Å². The van der Waals surface area contributed by atoms with Crippen LogP contribution in [0.5, 0.6) is 11.5 Å². The molecule has 0 radical (unpaired) electrons. The molecule has 0 aromatic heterocycles. The largest absolute Gasteiger partial charge is 0.497 e. The lowest BCUT2D eigenvalue weighted by molar-refractivity contribution is 0.340. The van der Waals surface area contributed by atoms with Gasteiger partial charge in [0.15, 0.2) is 0 Å². The predicted molar refractivity (Wildman–Crippen MR) is 90.8 cm³/mol. The van der Waals surface area contributed by atoms with E-state index in [1.807, 2.05) is 6.92 Å². The second-order valence-electron chi connectivity index (χ2n) is 4.77. The second kappa shape index (κ2) is 7.37. The predicted octanol–water partition coefficient (Wildman–Crippen LogP) is 3.31. The summed E-state index contributed by atoms with van der Waals surface area (Å²) in [6, 6.07) is 13.4. The van der Waals surface area contributed by atoms with Crippen LogP contribution < -0.4 is 13.8 Å². The van der Waals surface area contributed by atoms with Crippen molar-refractivity contribution < 1.29 is 17.9 Å². The summed E-state index contributed by atoms with van der Waals surface area (Å²) in [4.78, 5) is 0.235. The summed E-state index contributed by atoms with van der Waals surface area (Å²) >= 11 is 0. The van der Waals surface area contributed by atoms with Crippen LogP contribution >= 0.6 is 0 Å². The lowest BCUT2D eigenvalue weighted by Crippen LogP contribution is -2.30. The Morgan fingerprint density at radius 3 is 1.96 bits per heavy atom. The molecular weight excluding hydrogens is 314 g/mol. The summed E-state index contributed by atoms with van der Waals surface area (Å²) in [5.41, 5.74) is 0.599. The van der Waals surface area contributed by atoms with Gasteiger partial charge in [0.2, 0.25) is 0 Å². The van der Waals surface area contributed by atoms with Crippen LogP contribution in [-0.2, 0) is 10.0 Å². The van der Waals surface area contributed by atoms with E-state index in [2.05, 4.69) is 0 Å². The van der Waals surface area contributed by atoms with Crippen molar-refractivity contribution in [2.24, 2.45) is 0 Å². The van der Waals surface area contributed by atoms with E-state index in [1.165, 1.54) is 4.31 Å². The van der Waals surface area contributed by atoms with E-state index in [9.17, 15) is 8.42 Å². The Morgan fingerprint density at radius 1 is 0.913 bits per heavy atom. The first-order chi connectivity index (χ1) is 11.0. The summed E-state index contributed by atoms with van der Waals surface area (Å²) in [6.45, 7) is 4.56. The number of hydrogen-bond acceptors (Lipinski definition) is 4. The fourth-order valence-electron chi connectivity index (χ4n) is 2.24. The van der Waals surface area contributed by atoms with Crippen LogP contribution in [0.4, 0.5) is 5.69 Å². The summed E-state index contributed by atoms with van der Waals surface area (Å²) in [5, 5.41) is 0. The molecule has 23 heavy (non-hydrogen) atoms. The van der Waals surface area contributed by atoms with E-state index in [0.717, 1.165) is 0 Å². The van der Waals surface area contributed by atoms with Gasteiger partial charge in [0, 0.05) is 6.54 Å². The van der Waals surface area contributed by atoms with Gasteiger partial charge in [-0.05, 0) is 62.4 Å². The van der Waals surface area contributed by atoms with Crippen molar-refractivity contribution in [3.8, 4) is 11.5 Å². The van der Waals surface area contributed by atoms with Crippen LogP contribution in [0.15, 0.2) is 53.4 Å². The van der Waals surface area contributed by atoms with Crippen LogP contribution in [0.2, 0.25) is 0 Å². The smallest absolute Gasteiger partial charge is 0.264 e. The van der Waals surface area contributed by atoms with Gasteiger partial charge in [0.25, 0.3) is 10.0 Å². The minimum absolute atomic E-state index is 0.235. The number of ether oxygens (including phenoxy) is 2. The van der Waals surface area contributed by atoms with E-state index in [4.69, 9.17) is 9.47 Å². The number of methoxy groups -OCH3 is 1. The Kier molecular flexibility index (Phi) is 5.50. The molecule has 0 aliphatic heterocycles. The second-order valence-corrected chi connectivity index (χ2v) is 6.63. The molecule has 0 unspecified atom stereocenters. The molecule has 2 aromatic rings. The van der Waals surface area contributed by atoms with Gasteiger partial charge in [-0.2, -0.15) is 0 Å². The third kappa shape index (κ3) is 3.76. The zero-order valence-corrected chi connectivity index (χ0v) is 14.3. The lowest BCUT2D eigenvalue weighted by Gasteiger charge is -2.23. The zero-order valence-electron chi connectivity index (χ0n) is 13.5. The fraction of sp³-hybridized carbons (Fsp3) is 0.294. The molecule has 0 saturated heterocycles. The van der Waals surface area contributed by atoms with Gasteiger partial charge < -0.3 is 9.47 Å². The van der Waals surface area contributed by atoms with E-state index < -0.39 is 10.0 Å². The van der Waals surface area contributed by atoms with E-state index >= 15 is 0 Å². The minimum Gasteiger partial charge on any atom is -0.497 e. The van der Waals surface area contributed by atoms with Crippen LogP contribution in [0, 0.1) is 0 Å². The highest BCUT2D eigenvalue weighted by Crippen LogP contribution is 2.26. The average Bonchev–Trinajstić information content (AvgIpc) is 2.57. The van der Waals surface area contributed by atoms with Crippen LogP contribution in [-0.4, -0.2) is 28.7 Å². The monoisotopic (exact) mass is 335 g/mol. The third-order valence-electron chi connectivity index (χ3n) is 3.37. The van der Waals surface area contributed by atoms with E-state index in [-0.39, 0.29) is 4.90 Å². The number of rotatable bonds is 7. The Bertz CT molecular complexity index is 724. The van der Waals surface area contributed by atoms with Crippen molar-refractivity contribution in [2.45, 2.75) is 18.7 Å². The molecule has 2 aromatic carbocycles. The van der Waals surface area contributed by atoms with Gasteiger partial charge in [0.05, 0.1) is 24.3 Å². The van der Waals surface area contributed by atoms with Crippen molar-refractivity contribution in [3.05, 3.63) is 48.5 Å². The van der Waals surface area contributed by atoms with Crippen molar-refractivity contribution in [3.63, 3.8) is 0 Å². The molecule has 0 saturated carbocycles. The molecule has 5 nitrogen and oxygen atoms in total. The van der Waals surface area contributed by atoms with Crippen LogP contribution in [0.25, 0.3) is 0 Å². The normalized spacial score (nSPS) is 11.1. The maximum Gasteiger partial charge on any atom is 0.264 e. The zero-order chi connectivity index (χ0) is 16.9. The quantitative estimate of drug-likeness (QED) is 0.779. The molecule has 0 N–H and O–H groups in total. The Hall–Kier alpha value is -2.21. The molecule has 0 heterocycles. The van der Waals surface area contributed by atoms with Gasteiger partial charge in [0.1, 0.15) is 11.5 Å². The molecule has 124 valence electrons. The highest BCUT2D eigenvalue weighted by molar-refractivity contribution is 7.92. The van der Waals surface area contributed by atoms with Crippen molar-refractivity contribution in [1.82, 2.24) is 0 Å². The summed E-state index contributed by atoms with van der Waals surface area (Å²) < 4.78 is 37.5. The van der Waals surface area contributed by atoms with Crippen molar-refractivity contribution >= 4 is 15.7 Å². The average molecular weight is 335 g/mol. The fourth-order valence-corrected chi connectivity index (χ4v) is 3.72. The highest BCUT2D eigenvalue weighted by atomic mass is 32.2. The maximum atomic E-state index is 12.8. The standard InChI is InChI=1S/C17H21NO4S/c1-4-18(14-6-8-15(21-3)9-7-14)23(19,20)17-12-10-16(11-13-17)22-5-2/h6-13H,4-5H2,1-3H3. The number of anilines is 1. The third-order valence-corrected chi connectivity index (χ3v) is 5.29. The number of hydrogen-bond donors (Lipinski definition) is 0. The Morgan fingerprint density at radius 2 is 1.48 bits per heavy atom. The Labute approximate surface area is 137 Å². The first-order valence-electron chi connectivity index (χ1n) is 7.42. The summed E-state index contributed by atoms with van der Waals surface area (Å²) in [7, 11) is -2.05. The highest BCUT2D eigenvalue weighted by Gasteiger charge is 2.23. The number of nitrogens with zero attached hydrogens (tertiary/aromatic N) is 1. The molecule has 0 aliphatic carbocycles. The summed E-state index contributed by atoms with van der Waals surface area (Å²) in [6.07, 6.45) is 0. The molecule has 6 heteroatoms. The van der Waals surface area contributed by atoms with Gasteiger partial charge in [-0.25, -0.2) is 8.42 Å². The SMILES string of the molecule is CCOc1ccc(S(=O)(=O)N(CC)c2ccc(OC)cc2)cc1. The molecule has 0 spiro atoms. The van der Waals surface area contributed by atoms with Gasteiger partial charge in [-0.3, -0.25) is 4.31 Å². The van der Waals surface area contributed by atoms with Crippen LogP contribution in [0.1, 0.15) is 13.8 Å². The molecule has 2 rings (SSSR count). The first-order valence-corrected chi connectivity index (χ1v) is 8.86. The lowest BCUT2D eigenvalue weighted by atomic mass is 10.3. The van der Waals surface area contributed by atoms with E-state index in [0.29, 0.717) is 30.3 Å². The molecule has 0 amide bonds. The molecule has 0 fully saturated rings. The molecule has 0 aliphatic rings. The van der Waals surface area contributed by atoms with Crippen LogP contribution in [0.3, 0.4) is 0 Å². The first kappa shape index (κ1) is 17.1. The summed E-state index contributed by atoms with van der Waals surface area (Å²) in [5.74, 6) is 1.34. The maximum absolute atomic E-state index is 12.8. The minimum atomic E-state index is -3.62. The van der Waals surface area contributed by atoms with Crippen molar-refractivity contribution in [2.75, 3.05) is 24.6 Å². The van der Waals surface area contributed by atoms with Gasteiger partial charge >= 0.3 is 0 Å².